The number of halogens is 1. The van der Waals surface area contributed by atoms with Gasteiger partial charge < -0.3 is 4.74 Å². The van der Waals surface area contributed by atoms with Crippen LogP contribution in [0.2, 0.25) is 5.02 Å². The minimum Gasteiger partial charge on any atom is -0.379 e. The molecule has 2 aliphatic rings. The molecule has 2 unspecified atom stereocenters. The van der Waals surface area contributed by atoms with Crippen LogP contribution in [0.15, 0.2) is 35.5 Å². The average molecular weight is 356 g/mol. The molecule has 7 heteroatoms. The number of benzene rings is 1. The van der Waals surface area contributed by atoms with E-state index in [-0.39, 0.29) is 11.8 Å². The number of nitrogens with one attached hydrogen (secondary N) is 1. The number of ether oxygens (including phenoxy) is 1. The number of aromatic nitrogens is 2. The Hall–Kier alpha value is -2.20. The van der Waals surface area contributed by atoms with Crippen molar-refractivity contribution in [2.45, 2.75) is 5.92 Å². The van der Waals surface area contributed by atoms with E-state index in [0.717, 1.165) is 35.7 Å². The Morgan fingerprint density at radius 3 is 2.84 bits per heavy atom. The Kier molecular flexibility index (Phi) is 4.53. The van der Waals surface area contributed by atoms with Gasteiger partial charge in [-0.1, -0.05) is 29.8 Å². The molecule has 2 atom stereocenters. The van der Waals surface area contributed by atoms with Gasteiger partial charge in [0, 0.05) is 36.1 Å². The third kappa shape index (κ3) is 3.07. The van der Waals surface area contributed by atoms with Crippen LogP contribution in [0.25, 0.3) is 0 Å². The van der Waals surface area contributed by atoms with Crippen molar-refractivity contribution in [2.24, 2.45) is 10.9 Å². The zero-order valence-corrected chi connectivity index (χ0v) is 14.4. The lowest BCUT2D eigenvalue weighted by Crippen LogP contribution is -2.42. The van der Waals surface area contributed by atoms with Crippen molar-refractivity contribution in [2.75, 3.05) is 32.8 Å². The summed E-state index contributed by atoms with van der Waals surface area (Å²) in [5, 5.41) is 17.7. The first-order valence-corrected chi connectivity index (χ1v) is 8.70. The number of H-pyrrole nitrogens is 1. The van der Waals surface area contributed by atoms with E-state index in [0.29, 0.717) is 24.8 Å². The Labute approximate surface area is 151 Å². The smallest absolute Gasteiger partial charge is 0.151 e. The fourth-order valence-corrected chi connectivity index (χ4v) is 3.79. The van der Waals surface area contributed by atoms with Crippen molar-refractivity contribution in [3.63, 3.8) is 0 Å². The molecule has 1 aromatic heterocycles. The van der Waals surface area contributed by atoms with Crippen LogP contribution in [0.1, 0.15) is 17.0 Å². The third-order valence-electron chi connectivity index (χ3n) is 4.80. The van der Waals surface area contributed by atoms with Crippen molar-refractivity contribution < 1.29 is 4.74 Å². The Bertz CT molecular complexity index is 834. The summed E-state index contributed by atoms with van der Waals surface area (Å²) in [5.41, 5.74) is 2.71. The number of hydrogen-bond donors (Lipinski definition) is 1. The normalized spacial score (nSPS) is 23.6. The van der Waals surface area contributed by atoms with Crippen molar-refractivity contribution in [3.8, 4) is 6.07 Å². The van der Waals surface area contributed by atoms with E-state index in [1.807, 2.05) is 24.3 Å². The van der Waals surface area contributed by atoms with Crippen LogP contribution < -0.4 is 0 Å². The van der Waals surface area contributed by atoms with Crippen LogP contribution in [0.4, 0.5) is 5.82 Å². The minimum atomic E-state index is -0.368. The molecular weight excluding hydrogens is 338 g/mol. The molecule has 0 radical (unpaired) electrons. The molecule has 1 N–H and O–H groups in total. The summed E-state index contributed by atoms with van der Waals surface area (Å²) in [5.74, 6) is 0.188. The summed E-state index contributed by atoms with van der Waals surface area (Å²) in [4.78, 5) is 6.98. The van der Waals surface area contributed by atoms with Crippen LogP contribution >= 0.6 is 11.6 Å². The molecule has 2 aromatic rings. The summed E-state index contributed by atoms with van der Waals surface area (Å²) in [6, 6.07) is 10.1. The molecule has 4 rings (SSSR count). The van der Waals surface area contributed by atoms with E-state index < -0.39 is 0 Å². The van der Waals surface area contributed by atoms with E-state index in [1.165, 1.54) is 0 Å². The van der Waals surface area contributed by atoms with Crippen molar-refractivity contribution in [3.05, 3.63) is 46.6 Å². The van der Waals surface area contributed by atoms with Gasteiger partial charge in [0.05, 0.1) is 37.1 Å². The van der Waals surface area contributed by atoms with Gasteiger partial charge >= 0.3 is 0 Å². The number of morpholine rings is 1. The van der Waals surface area contributed by atoms with Crippen LogP contribution in [0.5, 0.6) is 0 Å². The summed E-state index contributed by atoms with van der Waals surface area (Å²) in [6.45, 7) is 3.79. The number of aromatic amines is 1. The summed E-state index contributed by atoms with van der Waals surface area (Å²) in [6.07, 6.45) is 1.75. The molecule has 25 heavy (non-hydrogen) atoms. The molecule has 2 aliphatic heterocycles. The number of aliphatic imine (C=N–C) groups is 1. The maximum Gasteiger partial charge on any atom is 0.151 e. The van der Waals surface area contributed by atoms with E-state index >= 15 is 0 Å². The average Bonchev–Trinajstić information content (AvgIpc) is 3.10. The highest BCUT2D eigenvalue weighted by molar-refractivity contribution is 6.31. The minimum absolute atomic E-state index is 0.166. The second-order valence-electron chi connectivity index (χ2n) is 6.27. The topological polar surface area (TPSA) is 77.3 Å². The molecule has 0 saturated carbocycles. The van der Waals surface area contributed by atoms with Gasteiger partial charge in [-0.05, 0) is 11.6 Å². The predicted octanol–water partition coefficient (Wildman–Crippen LogP) is 2.75. The first kappa shape index (κ1) is 16.3. The second-order valence-corrected chi connectivity index (χ2v) is 6.68. The predicted molar refractivity (Wildman–Crippen MR) is 95.3 cm³/mol. The number of rotatable bonds is 3. The van der Waals surface area contributed by atoms with E-state index in [4.69, 9.17) is 21.3 Å². The molecule has 1 fully saturated rings. The molecule has 0 amide bonds. The van der Waals surface area contributed by atoms with E-state index in [2.05, 4.69) is 21.2 Å². The first-order chi connectivity index (χ1) is 12.3. The molecular formula is C18H18ClN5O. The van der Waals surface area contributed by atoms with E-state index in [9.17, 15) is 5.26 Å². The fraction of sp³-hybridized carbons (Fsp3) is 0.389. The molecule has 1 aromatic carbocycles. The molecule has 3 heterocycles. The summed E-state index contributed by atoms with van der Waals surface area (Å²) >= 11 is 6.45. The maximum atomic E-state index is 9.93. The van der Waals surface area contributed by atoms with Crippen LogP contribution in [-0.4, -0.2) is 53.7 Å². The molecule has 128 valence electrons. The van der Waals surface area contributed by atoms with Gasteiger partial charge in [0.1, 0.15) is 0 Å². The third-order valence-corrected chi connectivity index (χ3v) is 5.14. The summed E-state index contributed by atoms with van der Waals surface area (Å²) in [7, 11) is 0. The van der Waals surface area contributed by atoms with Gasteiger partial charge in [0.25, 0.3) is 0 Å². The standard InChI is InChI=1S/C18H18ClN5O/c19-15-4-2-1-3-12(15)17-13(9-20)16(11-24-5-7-25-8-6-24)22-18-14(17)10-21-23-18/h1-4,10,13,17H,5-8,11H2,(H,21,23). The summed E-state index contributed by atoms with van der Waals surface area (Å²) < 4.78 is 5.41. The fourth-order valence-electron chi connectivity index (χ4n) is 3.54. The maximum absolute atomic E-state index is 9.93. The lowest BCUT2D eigenvalue weighted by atomic mass is 9.78. The van der Waals surface area contributed by atoms with Crippen molar-refractivity contribution in [1.29, 1.82) is 5.26 Å². The zero-order chi connectivity index (χ0) is 17.2. The number of nitrogens with zero attached hydrogens (tertiary/aromatic N) is 4. The van der Waals surface area contributed by atoms with E-state index in [1.54, 1.807) is 6.20 Å². The highest BCUT2D eigenvalue weighted by Crippen LogP contribution is 2.43. The lowest BCUT2D eigenvalue weighted by Gasteiger charge is -2.32. The van der Waals surface area contributed by atoms with Crippen LogP contribution in [0, 0.1) is 17.2 Å². The molecule has 0 bridgehead atoms. The Morgan fingerprint density at radius 1 is 1.28 bits per heavy atom. The molecule has 0 aliphatic carbocycles. The van der Waals surface area contributed by atoms with Gasteiger partial charge in [-0.2, -0.15) is 10.4 Å². The molecule has 0 spiro atoms. The number of nitriles is 1. The van der Waals surface area contributed by atoms with Crippen molar-refractivity contribution in [1.82, 2.24) is 15.1 Å². The number of fused-ring (bicyclic) bond motifs is 1. The van der Waals surface area contributed by atoms with Gasteiger partial charge in [-0.25, -0.2) is 4.99 Å². The van der Waals surface area contributed by atoms with Gasteiger partial charge in [0.15, 0.2) is 5.82 Å². The Morgan fingerprint density at radius 2 is 2.08 bits per heavy atom. The number of hydrogen-bond acceptors (Lipinski definition) is 5. The van der Waals surface area contributed by atoms with Crippen LogP contribution in [-0.2, 0) is 4.74 Å². The Balaban J connectivity index is 1.74. The zero-order valence-electron chi connectivity index (χ0n) is 13.7. The molecule has 1 saturated heterocycles. The highest BCUT2D eigenvalue weighted by Gasteiger charge is 2.37. The quantitative estimate of drug-likeness (QED) is 0.918. The van der Waals surface area contributed by atoms with Crippen LogP contribution in [0.3, 0.4) is 0 Å². The van der Waals surface area contributed by atoms with Gasteiger partial charge in [-0.15, -0.1) is 0 Å². The monoisotopic (exact) mass is 355 g/mol. The second kappa shape index (κ2) is 6.96. The van der Waals surface area contributed by atoms with Gasteiger partial charge in [-0.3, -0.25) is 10.00 Å². The lowest BCUT2D eigenvalue weighted by molar-refractivity contribution is 0.0449. The van der Waals surface area contributed by atoms with Crippen molar-refractivity contribution >= 4 is 23.1 Å². The highest BCUT2D eigenvalue weighted by atomic mass is 35.5. The first-order valence-electron chi connectivity index (χ1n) is 8.33. The largest absolute Gasteiger partial charge is 0.379 e. The van der Waals surface area contributed by atoms with Gasteiger partial charge in [0.2, 0.25) is 0 Å². The SMILES string of the molecule is N#CC1C(CN2CCOCC2)=Nc2[nH]ncc2C1c1ccccc1Cl. The molecule has 6 nitrogen and oxygen atoms in total.